The maximum Gasteiger partial charge on any atom is 0.236 e. The molecule has 29 heavy (non-hydrogen) atoms. The van der Waals surface area contributed by atoms with Crippen molar-refractivity contribution in [1.82, 2.24) is 19.7 Å². The van der Waals surface area contributed by atoms with E-state index in [4.69, 9.17) is 11.6 Å². The number of anilines is 1. The Balaban J connectivity index is 1.37. The first-order chi connectivity index (χ1) is 14.1. The van der Waals surface area contributed by atoms with Crippen LogP contribution in [0, 0.1) is 6.92 Å². The lowest BCUT2D eigenvalue weighted by molar-refractivity contribution is -0.113. The van der Waals surface area contributed by atoms with E-state index in [0.29, 0.717) is 15.3 Å². The number of hydrogen-bond acceptors (Lipinski definition) is 6. The number of thioether (sulfide) groups is 1. The van der Waals surface area contributed by atoms with Crippen LogP contribution in [0.15, 0.2) is 65.4 Å². The third kappa shape index (κ3) is 4.84. The number of hydrogen-bond donors (Lipinski definition) is 1. The molecule has 1 N–H and O–H groups in total. The Labute approximate surface area is 181 Å². The van der Waals surface area contributed by atoms with Crippen LogP contribution in [0.25, 0.3) is 16.9 Å². The minimum absolute atomic E-state index is 0.148. The lowest BCUT2D eigenvalue weighted by atomic mass is 10.2. The smallest absolute Gasteiger partial charge is 0.236 e. The number of amides is 1. The van der Waals surface area contributed by atoms with Crippen molar-refractivity contribution in [3.05, 3.63) is 70.8 Å². The monoisotopic (exact) mass is 441 g/mol. The minimum atomic E-state index is -0.148. The van der Waals surface area contributed by atoms with Gasteiger partial charge in [0.1, 0.15) is 6.33 Å². The molecule has 0 atom stereocenters. The van der Waals surface area contributed by atoms with Gasteiger partial charge in [-0.1, -0.05) is 53.2 Å². The minimum Gasteiger partial charge on any atom is -0.301 e. The maximum absolute atomic E-state index is 12.4. The summed E-state index contributed by atoms with van der Waals surface area (Å²) in [5, 5.41) is 14.7. The Hall–Kier alpha value is -2.68. The largest absolute Gasteiger partial charge is 0.301 e. The van der Waals surface area contributed by atoms with E-state index in [1.165, 1.54) is 28.7 Å². The molecule has 0 radical (unpaired) electrons. The molecular formula is C20H16ClN5OS2. The molecule has 2 aromatic carbocycles. The first kappa shape index (κ1) is 19.6. The summed E-state index contributed by atoms with van der Waals surface area (Å²) in [6, 6.07) is 15.5. The van der Waals surface area contributed by atoms with Gasteiger partial charge in [-0.05, 0) is 31.2 Å². The van der Waals surface area contributed by atoms with E-state index in [9.17, 15) is 4.79 Å². The zero-order chi connectivity index (χ0) is 20.2. The number of aromatic nitrogens is 4. The van der Waals surface area contributed by atoms with Gasteiger partial charge in [0.05, 0.1) is 11.4 Å². The summed E-state index contributed by atoms with van der Waals surface area (Å²) in [5.41, 5.74) is 3.88. The Morgan fingerprint density at radius 3 is 2.69 bits per heavy atom. The van der Waals surface area contributed by atoms with Gasteiger partial charge >= 0.3 is 0 Å². The molecular weight excluding hydrogens is 426 g/mol. The standard InChI is InChI=1S/C20H16ClN5OS2/c1-13-2-8-16(9-3-13)26-12-22-25-20(26)29-11-18(27)24-19-23-17(10-28-19)14-4-6-15(21)7-5-14/h2-10,12H,11H2,1H3,(H,23,24,27). The van der Waals surface area contributed by atoms with Crippen LogP contribution in [0.2, 0.25) is 5.02 Å². The molecule has 0 aliphatic heterocycles. The second-order valence-electron chi connectivity index (χ2n) is 6.20. The number of nitrogens with zero attached hydrogens (tertiary/aromatic N) is 4. The number of halogens is 1. The van der Waals surface area contributed by atoms with Gasteiger partial charge in [0.2, 0.25) is 5.91 Å². The van der Waals surface area contributed by atoms with Crippen LogP contribution in [0.5, 0.6) is 0 Å². The molecule has 2 heterocycles. The van der Waals surface area contributed by atoms with Gasteiger partial charge in [0, 0.05) is 21.7 Å². The van der Waals surface area contributed by atoms with E-state index in [1.807, 2.05) is 65.4 Å². The van der Waals surface area contributed by atoms with Crippen LogP contribution in [0.1, 0.15) is 5.56 Å². The molecule has 1 amide bonds. The fourth-order valence-electron chi connectivity index (χ4n) is 2.58. The van der Waals surface area contributed by atoms with E-state index < -0.39 is 0 Å². The maximum atomic E-state index is 12.4. The van der Waals surface area contributed by atoms with Crippen molar-refractivity contribution in [3.8, 4) is 16.9 Å². The number of carbonyl (C=O) groups excluding carboxylic acids is 1. The van der Waals surface area contributed by atoms with Crippen molar-refractivity contribution in [2.45, 2.75) is 12.1 Å². The molecule has 4 aromatic rings. The molecule has 0 unspecified atom stereocenters. The molecule has 4 rings (SSSR count). The van der Waals surface area contributed by atoms with E-state index in [-0.39, 0.29) is 11.7 Å². The number of thiazole rings is 1. The third-order valence-electron chi connectivity index (χ3n) is 4.05. The molecule has 2 aromatic heterocycles. The third-order valence-corrected chi connectivity index (χ3v) is 6.00. The van der Waals surface area contributed by atoms with Crippen LogP contribution in [-0.4, -0.2) is 31.4 Å². The van der Waals surface area contributed by atoms with Crippen molar-refractivity contribution >= 4 is 45.7 Å². The first-order valence-electron chi connectivity index (χ1n) is 8.70. The van der Waals surface area contributed by atoms with Crippen LogP contribution in [-0.2, 0) is 4.79 Å². The lowest BCUT2D eigenvalue weighted by Crippen LogP contribution is -2.14. The molecule has 0 fully saturated rings. The Morgan fingerprint density at radius 1 is 1.17 bits per heavy atom. The molecule has 6 nitrogen and oxygen atoms in total. The first-order valence-corrected chi connectivity index (χ1v) is 10.9. The molecule has 0 bridgehead atoms. The van der Waals surface area contributed by atoms with E-state index >= 15 is 0 Å². The predicted molar refractivity (Wildman–Crippen MR) is 118 cm³/mol. The lowest BCUT2D eigenvalue weighted by Gasteiger charge is -2.06. The van der Waals surface area contributed by atoms with Crippen LogP contribution in [0.4, 0.5) is 5.13 Å². The van der Waals surface area contributed by atoms with Crippen LogP contribution in [0.3, 0.4) is 0 Å². The van der Waals surface area contributed by atoms with E-state index in [0.717, 1.165) is 16.9 Å². The normalized spacial score (nSPS) is 10.8. The highest BCUT2D eigenvalue weighted by molar-refractivity contribution is 7.99. The van der Waals surface area contributed by atoms with Crippen LogP contribution < -0.4 is 5.32 Å². The van der Waals surface area contributed by atoms with Crippen LogP contribution >= 0.6 is 34.7 Å². The number of benzene rings is 2. The Morgan fingerprint density at radius 2 is 1.93 bits per heavy atom. The van der Waals surface area contributed by atoms with Gasteiger partial charge in [-0.25, -0.2) is 4.98 Å². The quantitative estimate of drug-likeness (QED) is 0.422. The molecule has 0 aliphatic carbocycles. The number of nitrogens with one attached hydrogen (secondary N) is 1. The van der Waals surface area contributed by atoms with Gasteiger partial charge in [-0.3, -0.25) is 9.36 Å². The van der Waals surface area contributed by atoms with Crippen molar-refractivity contribution in [2.75, 3.05) is 11.1 Å². The van der Waals surface area contributed by atoms with Gasteiger partial charge in [0.25, 0.3) is 0 Å². The fourth-order valence-corrected chi connectivity index (χ4v) is 4.17. The fraction of sp³-hybridized carbons (Fsp3) is 0.100. The Bertz CT molecular complexity index is 1120. The predicted octanol–water partition coefficient (Wildman–Crippen LogP) is 5.08. The van der Waals surface area contributed by atoms with Gasteiger partial charge in [-0.2, -0.15) is 0 Å². The van der Waals surface area contributed by atoms with E-state index in [1.54, 1.807) is 6.33 Å². The average Bonchev–Trinajstić information content (AvgIpc) is 3.37. The molecule has 0 saturated carbocycles. The molecule has 146 valence electrons. The van der Waals surface area contributed by atoms with Crippen molar-refractivity contribution in [3.63, 3.8) is 0 Å². The molecule has 0 saturated heterocycles. The summed E-state index contributed by atoms with van der Waals surface area (Å²) in [6.45, 7) is 2.03. The van der Waals surface area contributed by atoms with Gasteiger partial charge in [-0.15, -0.1) is 21.5 Å². The molecule has 0 aliphatic rings. The zero-order valence-electron chi connectivity index (χ0n) is 15.4. The van der Waals surface area contributed by atoms with Crippen molar-refractivity contribution in [2.24, 2.45) is 0 Å². The highest BCUT2D eigenvalue weighted by Crippen LogP contribution is 2.26. The summed E-state index contributed by atoms with van der Waals surface area (Å²) in [5.74, 6) is 0.0610. The summed E-state index contributed by atoms with van der Waals surface area (Å²) < 4.78 is 1.86. The average molecular weight is 442 g/mol. The molecule has 9 heteroatoms. The van der Waals surface area contributed by atoms with E-state index in [2.05, 4.69) is 20.5 Å². The summed E-state index contributed by atoms with van der Waals surface area (Å²) in [4.78, 5) is 16.8. The SMILES string of the molecule is Cc1ccc(-n2cnnc2SCC(=O)Nc2nc(-c3ccc(Cl)cc3)cs2)cc1. The second kappa shape index (κ2) is 8.77. The van der Waals surface area contributed by atoms with Crippen molar-refractivity contribution < 1.29 is 4.79 Å². The number of carbonyl (C=O) groups is 1. The summed E-state index contributed by atoms with van der Waals surface area (Å²) in [7, 11) is 0. The highest BCUT2D eigenvalue weighted by atomic mass is 35.5. The summed E-state index contributed by atoms with van der Waals surface area (Å²) in [6.07, 6.45) is 1.64. The highest BCUT2D eigenvalue weighted by Gasteiger charge is 2.12. The topological polar surface area (TPSA) is 72.7 Å². The number of aryl methyl sites for hydroxylation is 1. The second-order valence-corrected chi connectivity index (χ2v) is 8.44. The van der Waals surface area contributed by atoms with Crippen molar-refractivity contribution in [1.29, 1.82) is 0 Å². The molecule has 0 spiro atoms. The van der Waals surface area contributed by atoms with Gasteiger partial charge in [0.15, 0.2) is 10.3 Å². The Kier molecular flexibility index (Phi) is 5.94. The zero-order valence-corrected chi connectivity index (χ0v) is 17.8. The van der Waals surface area contributed by atoms with Gasteiger partial charge < -0.3 is 5.32 Å². The number of rotatable bonds is 6. The summed E-state index contributed by atoms with van der Waals surface area (Å²) >= 11 is 8.63.